The lowest BCUT2D eigenvalue weighted by molar-refractivity contribution is 0.0320. The van der Waals surface area contributed by atoms with Crippen molar-refractivity contribution in [2.24, 2.45) is 11.3 Å². The van der Waals surface area contributed by atoms with Gasteiger partial charge in [0.05, 0.1) is 0 Å². The third kappa shape index (κ3) is 4.64. The molecule has 3 heteroatoms. The normalized spacial score (nSPS) is 27.0. The van der Waals surface area contributed by atoms with Crippen LogP contribution >= 0.6 is 12.6 Å². The molecule has 0 amide bonds. The van der Waals surface area contributed by atoms with Gasteiger partial charge in [0.2, 0.25) is 0 Å². The summed E-state index contributed by atoms with van der Waals surface area (Å²) in [6.07, 6.45) is 5.71. The van der Waals surface area contributed by atoms with Gasteiger partial charge >= 0.3 is 0 Å². The summed E-state index contributed by atoms with van der Waals surface area (Å²) in [5.41, 5.74) is 0.684. The lowest BCUT2D eigenvalue weighted by Crippen LogP contribution is -2.48. The Kier molecular flexibility index (Phi) is 5.62. The molecular weight excluding hydrogens is 252 g/mol. The van der Waals surface area contributed by atoms with Gasteiger partial charge < -0.3 is 9.80 Å². The van der Waals surface area contributed by atoms with E-state index in [1.165, 1.54) is 65.0 Å². The van der Waals surface area contributed by atoms with Crippen molar-refractivity contribution in [3.63, 3.8) is 0 Å². The van der Waals surface area contributed by atoms with E-state index in [1.807, 2.05) is 0 Å². The number of rotatable bonds is 4. The van der Waals surface area contributed by atoms with E-state index in [9.17, 15) is 0 Å². The smallest absolute Gasteiger partial charge is 0.0116 e. The lowest BCUT2D eigenvalue weighted by atomic mass is 9.71. The van der Waals surface area contributed by atoms with Crippen LogP contribution in [0.25, 0.3) is 0 Å². The summed E-state index contributed by atoms with van der Waals surface area (Å²) in [6.45, 7) is 14.6. The maximum Gasteiger partial charge on any atom is 0.0116 e. The van der Waals surface area contributed by atoms with Crippen LogP contribution in [0.2, 0.25) is 0 Å². The second-order valence-electron chi connectivity index (χ2n) is 7.34. The molecule has 1 spiro atoms. The van der Waals surface area contributed by atoms with Crippen LogP contribution in [0, 0.1) is 11.3 Å². The zero-order valence-electron chi connectivity index (χ0n) is 13.1. The van der Waals surface area contributed by atoms with Crippen molar-refractivity contribution in [3.05, 3.63) is 0 Å². The second kappa shape index (κ2) is 6.82. The molecule has 0 radical (unpaired) electrons. The van der Waals surface area contributed by atoms with E-state index in [4.69, 9.17) is 0 Å². The van der Waals surface area contributed by atoms with E-state index >= 15 is 0 Å². The van der Waals surface area contributed by atoms with Crippen molar-refractivity contribution >= 4 is 12.6 Å². The molecule has 0 aromatic rings. The van der Waals surface area contributed by atoms with Gasteiger partial charge in [-0.05, 0) is 63.2 Å². The summed E-state index contributed by atoms with van der Waals surface area (Å²) in [5, 5.41) is 0.516. The molecular formula is C16H32N2S. The summed E-state index contributed by atoms with van der Waals surface area (Å²) in [4.78, 5) is 5.29. The van der Waals surface area contributed by atoms with Crippen LogP contribution in [0.3, 0.4) is 0 Å². The fourth-order valence-corrected chi connectivity index (χ4v) is 4.04. The fraction of sp³-hybridized carbons (Fsp3) is 1.00. The largest absolute Gasteiger partial charge is 0.303 e. The highest BCUT2D eigenvalue weighted by atomic mass is 32.1. The Morgan fingerprint density at radius 1 is 0.842 bits per heavy atom. The molecule has 2 nitrogen and oxygen atoms in total. The summed E-state index contributed by atoms with van der Waals surface area (Å²) in [7, 11) is 0. The minimum atomic E-state index is 0.516. The number of hydrogen-bond donors (Lipinski definition) is 1. The van der Waals surface area contributed by atoms with Crippen LogP contribution in [-0.2, 0) is 0 Å². The van der Waals surface area contributed by atoms with Crippen molar-refractivity contribution in [2.75, 3.05) is 39.3 Å². The van der Waals surface area contributed by atoms with Crippen molar-refractivity contribution in [3.8, 4) is 0 Å². The Balaban J connectivity index is 1.75. The number of nitrogens with zero attached hydrogens (tertiary/aromatic N) is 2. The summed E-state index contributed by atoms with van der Waals surface area (Å²) in [5.74, 6) is 0.813. The molecule has 112 valence electrons. The molecule has 2 rings (SSSR count). The third-order valence-electron chi connectivity index (χ3n) is 4.98. The number of likely N-dealkylation sites (tertiary alicyclic amines) is 2. The van der Waals surface area contributed by atoms with Crippen molar-refractivity contribution in [1.82, 2.24) is 9.80 Å². The Morgan fingerprint density at radius 2 is 1.26 bits per heavy atom. The first kappa shape index (κ1) is 15.7. The number of piperidine rings is 2. The first-order chi connectivity index (χ1) is 8.99. The van der Waals surface area contributed by atoms with Crippen molar-refractivity contribution < 1.29 is 0 Å². The highest BCUT2D eigenvalue weighted by Crippen LogP contribution is 2.41. The Bertz CT molecular complexity index is 230. The SMILES string of the molecule is CC(C)CN1CCC2(CC1)CCN(CC(C)S)CC2. The Labute approximate surface area is 125 Å². The maximum atomic E-state index is 4.52. The summed E-state index contributed by atoms with van der Waals surface area (Å²) in [6, 6.07) is 0. The molecule has 1 atom stereocenters. The Hall–Kier alpha value is 0.270. The molecule has 0 aromatic heterocycles. The molecule has 2 aliphatic rings. The molecule has 0 aromatic carbocycles. The average molecular weight is 285 g/mol. The first-order valence-electron chi connectivity index (χ1n) is 8.12. The fourth-order valence-electron chi connectivity index (χ4n) is 3.81. The van der Waals surface area contributed by atoms with Crippen molar-refractivity contribution in [2.45, 2.75) is 51.7 Å². The molecule has 0 bridgehead atoms. The van der Waals surface area contributed by atoms with Crippen LogP contribution in [0.1, 0.15) is 46.5 Å². The monoisotopic (exact) mass is 284 g/mol. The number of thiol groups is 1. The van der Waals surface area contributed by atoms with Gasteiger partial charge in [-0.1, -0.05) is 20.8 Å². The van der Waals surface area contributed by atoms with Crippen LogP contribution in [0.15, 0.2) is 0 Å². The summed E-state index contributed by atoms with van der Waals surface area (Å²) < 4.78 is 0. The van der Waals surface area contributed by atoms with E-state index in [0.29, 0.717) is 10.7 Å². The van der Waals surface area contributed by atoms with E-state index in [0.717, 1.165) is 5.92 Å². The van der Waals surface area contributed by atoms with Crippen LogP contribution in [0.5, 0.6) is 0 Å². The molecule has 0 aliphatic carbocycles. The molecule has 2 fully saturated rings. The molecule has 2 aliphatic heterocycles. The predicted molar refractivity (Wildman–Crippen MR) is 87.1 cm³/mol. The lowest BCUT2D eigenvalue weighted by Gasteiger charge is -2.47. The maximum absolute atomic E-state index is 4.52. The molecule has 0 saturated carbocycles. The topological polar surface area (TPSA) is 6.48 Å². The van der Waals surface area contributed by atoms with E-state index in [-0.39, 0.29) is 0 Å². The van der Waals surface area contributed by atoms with Gasteiger partial charge in [-0.2, -0.15) is 12.6 Å². The second-order valence-corrected chi connectivity index (χ2v) is 8.23. The predicted octanol–water partition coefficient (Wildman–Crippen LogP) is 3.14. The van der Waals surface area contributed by atoms with E-state index in [1.54, 1.807) is 0 Å². The highest BCUT2D eigenvalue weighted by Gasteiger charge is 2.37. The van der Waals surface area contributed by atoms with Gasteiger partial charge in [-0.15, -0.1) is 0 Å². The highest BCUT2D eigenvalue weighted by molar-refractivity contribution is 7.80. The molecule has 19 heavy (non-hydrogen) atoms. The van der Waals surface area contributed by atoms with E-state index < -0.39 is 0 Å². The molecule has 0 N–H and O–H groups in total. The Morgan fingerprint density at radius 3 is 1.63 bits per heavy atom. The molecule has 2 heterocycles. The third-order valence-corrected chi connectivity index (χ3v) is 5.14. The van der Waals surface area contributed by atoms with Gasteiger partial charge in [0.1, 0.15) is 0 Å². The van der Waals surface area contributed by atoms with Gasteiger partial charge in [0.15, 0.2) is 0 Å². The minimum Gasteiger partial charge on any atom is -0.303 e. The van der Waals surface area contributed by atoms with Crippen LogP contribution in [-0.4, -0.2) is 54.3 Å². The van der Waals surface area contributed by atoms with Crippen molar-refractivity contribution in [1.29, 1.82) is 0 Å². The zero-order valence-corrected chi connectivity index (χ0v) is 14.0. The number of hydrogen-bond acceptors (Lipinski definition) is 3. The van der Waals surface area contributed by atoms with Gasteiger partial charge in [0, 0.05) is 18.3 Å². The standard InChI is InChI=1S/C16H32N2S/c1-14(2)12-17-8-4-16(5-9-17)6-10-18(11-7-16)13-15(3)19/h14-15,19H,4-13H2,1-3H3. The molecule has 2 saturated heterocycles. The van der Waals surface area contributed by atoms with Crippen LogP contribution < -0.4 is 0 Å². The quantitative estimate of drug-likeness (QED) is 0.792. The van der Waals surface area contributed by atoms with Gasteiger partial charge in [-0.3, -0.25) is 0 Å². The van der Waals surface area contributed by atoms with E-state index in [2.05, 4.69) is 43.2 Å². The minimum absolute atomic E-state index is 0.516. The average Bonchev–Trinajstić information content (AvgIpc) is 2.34. The zero-order chi connectivity index (χ0) is 13.9. The van der Waals surface area contributed by atoms with Gasteiger partial charge in [0.25, 0.3) is 0 Å². The first-order valence-corrected chi connectivity index (χ1v) is 8.63. The summed E-state index contributed by atoms with van der Waals surface area (Å²) >= 11 is 4.52. The van der Waals surface area contributed by atoms with Crippen LogP contribution in [0.4, 0.5) is 0 Å². The van der Waals surface area contributed by atoms with Gasteiger partial charge in [-0.25, -0.2) is 0 Å². The molecule has 1 unspecified atom stereocenters.